The third kappa shape index (κ3) is 7.34. The first-order valence-corrected chi connectivity index (χ1v) is 12.9. The van der Waals surface area contributed by atoms with Gasteiger partial charge in [0.25, 0.3) is 0 Å². The third-order valence-electron chi connectivity index (χ3n) is 5.55. The molecule has 1 saturated heterocycles. The fourth-order valence-corrected chi connectivity index (χ4v) is 5.41. The Morgan fingerprint density at radius 2 is 1.42 bits per heavy atom. The lowest BCUT2D eigenvalue weighted by Crippen LogP contribution is -2.41. The van der Waals surface area contributed by atoms with Gasteiger partial charge in [-0.15, -0.1) is 11.8 Å². The average molecular weight is 527 g/mol. The van der Waals surface area contributed by atoms with Gasteiger partial charge >= 0.3 is 11.9 Å². The van der Waals surface area contributed by atoms with Gasteiger partial charge in [-0.05, 0) is 35.4 Å². The van der Waals surface area contributed by atoms with Crippen LogP contribution in [0.15, 0.2) is 84.9 Å². The molecule has 1 aliphatic heterocycles. The van der Waals surface area contributed by atoms with Crippen LogP contribution in [0.5, 0.6) is 0 Å². The molecule has 1 fully saturated rings. The molecule has 4 rings (SSSR count). The number of rotatable bonds is 10. The van der Waals surface area contributed by atoms with E-state index in [2.05, 4.69) is 0 Å². The van der Waals surface area contributed by atoms with Gasteiger partial charge in [-0.3, -0.25) is 4.79 Å². The molecule has 3 aromatic rings. The van der Waals surface area contributed by atoms with E-state index < -0.39 is 29.6 Å². The molecule has 3 aromatic carbocycles. The molecule has 4 atom stereocenters. The molecule has 1 heterocycles. The van der Waals surface area contributed by atoms with Crippen LogP contribution in [0.2, 0.25) is 5.02 Å². The molecule has 0 aromatic heterocycles. The van der Waals surface area contributed by atoms with Gasteiger partial charge in [0.1, 0.15) is 6.10 Å². The van der Waals surface area contributed by atoms with Crippen molar-refractivity contribution in [1.29, 1.82) is 0 Å². The smallest absolute Gasteiger partial charge is 0.338 e. The highest BCUT2D eigenvalue weighted by Gasteiger charge is 2.49. The van der Waals surface area contributed by atoms with Gasteiger partial charge in [0, 0.05) is 11.9 Å². The highest BCUT2D eigenvalue weighted by Crippen LogP contribution is 2.40. The van der Waals surface area contributed by atoms with Crippen LogP contribution in [-0.4, -0.2) is 41.4 Å². The van der Waals surface area contributed by atoms with Crippen molar-refractivity contribution in [3.63, 3.8) is 0 Å². The number of halogens is 1. The summed E-state index contributed by atoms with van der Waals surface area (Å²) in [4.78, 5) is 24.8. The summed E-state index contributed by atoms with van der Waals surface area (Å²) in [5.74, 6) is -1.01. The van der Waals surface area contributed by atoms with Gasteiger partial charge in [0.05, 0.1) is 30.6 Å². The molecule has 0 spiro atoms. The summed E-state index contributed by atoms with van der Waals surface area (Å²) in [5.41, 5.74) is 1.64. The second kappa shape index (κ2) is 12.9. The molecular formula is C28H27ClO6S. The van der Waals surface area contributed by atoms with Crippen molar-refractivity contribution in [3.8, 4) is 0 Å². The minimum Gasteiger partial charge on any atom is -0.451 e. The summed E-state index contributed by atoms with van der Waals surface area (Å²) in [7, 11) is 0. The Morgan fingerprint density at radius 1 is 0.806 bits per heavy atom. The summed E-state index contributed by atoms with van der Waals surface area (Å²) >= 11 is 7.33. The molecule has 0 radical (unpaired) electrons. The van der Waals surface area contributed by atoms with E-state index in [1.165, 1.54) is 18.7 Å². The van der Waals surface area contributed by atoms with E-state index in [1.54, 1.807) is 24.3 Å². The van der Waals surface area contributed by atoms with Crippen molar-refractivity contribution < 1.29 is 28.5 Å². The highest BCUT2D eigenvalue weighted by atomic mass is 35.5. The van der Waals surface area contributed by atoms with Crippen LogP contribution in [0.4, 0.5) is 0 Å². The van der Waals surface area contributed by atoms with Gasteiger partial charge < -0.3 is 18.9 Å². The van der Waals surface area contributed by atoms with E-state index in [1.807, 2.05) is 60.7 Å². The van der Waals surface area contributed by atoms with Crippen LogP contribution in [0.25, 0.3) is 0 Å². The van der Waals surface area contributed by atoms with Crippen LogP contribution in [0, 0.1) is 0 Å². The van der Waals surface area contributed by atoms with Crippen LogP contribution in [-0.2, 0) is 37.0 Å². The van der Waals surface area contributed by atoms with Crippen LogP contribution in [0.3, 0.4) is 0 Å². The monoisotopic (exact) mass is 526 g/mol. The first kappa shape index (κ1) is 26.2. The number of benzene rings is 3. The Balaban J connectivity index is 1.52. The second-order valence-corrected chi connectivity index (χ2v) is 10.1. The fourth-order valence-electron chi connectivity index (χ4n) is 3.82. The van der Waals surface area contributed by atoms with Crippen molar-refractivity contribution in [2.75, 3.05) is 6.61 Å². The normalized spacial score (nSPS) is 21.2. The Kier molecular flexibility index (Phi) is 9.41. The minimum atomic E-state index is -0.823. The molecule has 36 heavy (non-hydrogen) atoms. The molecule has 1 aliphatic rings. The largest absolute Gasteiger partial charge is 0.451 e. The maximum absolute atomic E-state index is 13.0. The number of thioether (sulfide) groups is 1. The van der Waals surface area contributed by atoms with E-state index in [4.69, 9.17) is 30.5 Å². The zero-order chi connectivity index (χ0) is 25.3. The summed E-state index contributed by atoms with van der Waals surface area (Å²) in [6.07, 6.45) is -1.39. The van der Waals surface area contributed by atoms with Crippen LogP contribution < -0.4 is 0 Å². The number of hydrogen-bond acceptors (Lipinski definition) is 7. The molecular weight excluding hydrogens is 500 g/mol. The molecule has 0 N–H and O–H groups in total. The van der Waals surface area contributed by atoms with Crippen molar-refractivity contribution in [2.45, 2.75) is 43.0 Å². The van der Waals surface area contributed by atoms with Crippen LogP contribution in [0.1, 0.15) is 28.4 Å². The van der Waals surface area contributed by atoms with Gasteiger partial charge in [-0.1, -0.05) is 72.3 Å². The number of carbonyl (C=O) groups is 2. The number of ether oxygens (including phenoxy) is 4. The van der Waals surface area contributed by atoms with Crippen LogP contribution >= 0.6 is 23.4 Å². The summed E-state index contributed by atoms with van der Waals surface area (Å²) in [5, 5.41) is 0.283. The zero-order valence-electron chi connectivity index (χ0n) is 19.7. The highest BCUT2D eigenvalue weighted by molar-refractivity contribution is 8.00. The van der Waals surface area contributed by atoms with Gasteiger partial charge in [0.15, 0.2) is 11.5 Å². The fraction of sp³-hybridized carbons (Fsp3) is 0.286. The van der Waals surface area contributed by atoms with E-state index in [0.29, 0.717) is 30.4 Å². The predicted octanol–water partition coefficient (Wildman–Crippen LogP) is 5.67. The molecule has 8 heteroatoms. The number of esters is 2. The molecule has 0 aliphatic carbocycles. The van der Waals surface area contributed by atoms with Crippen molar-refractivity contribution in [1.82, 2.24) is 0 Å². The summed E-state index contributed by atoms with van der Waals surface area (Å²) in [6.45, 7) is 2.39. The van der Waals surface area contributed by atoms with E-state index in [9.17, 15) is 9.59 Å². The predicted molar refractivity (Wildman–Crippen MR) is 139 cm³/mol. The Hall–Kier alpha value is -2.84. The molecule has 1 unspecified atom stereocenters. The van der Waals surface area contributed by atoms with E-state index >= 15 is 0 Å². The Bertz CT molecular complexity index is 1130. The summed E-state index contributed by atoms with van der Waals surface area (Å²) < 4.78 is 23.7. The molecule has 0 saturated carbocycles. The van der Waals surface area contributed by atoms with Gasteiger partial charge in [-0.2, -0.15) is 0 Å². The van der Waals surface area contributed by atoms with Crippen molar-refractivity contribution in [2.24, 2.45) is 0 Å². The maximum Gasteiger partial charge on any atom is 0.338 e. The minimum absolute atomic E-state index is 0.232. The SMILES string of the molecule is CC(=O)OC1S[C@H](COCc2ccccc2)[C@@H](OCc2ccccc2)[C@@H]1OC(=O)c1ccc(Cl)cc1. The summed E-state index contributed by atoms with van der Waals surface area (Å²) in [6, 6.07) is 26.0. The Morgan fingerprint density at radius 3 is 2.03 bits per heavy atom. The Labute approximate surface area is 219 Å². The molecule has 6 nitrogen and oxygen atoms in total. The van der Waals surface area contributed by atoms with Crippen molar-refractivity contribution >= 4 is 35.3 Å². The number of carbonyl (C=O) groups excluding carboxylic acids is 2. The lowest BCUT2D eigenvalue weighted by molar-refractivity contribution is -0.150. The molecule has 188 valence electrons. The lowest BCUT2D eigenvalue weighted by atomic mass is 10.1. The lowest BCUT2D eigenvalue weighted by Gasteiger charge is -2.26. The molecule has 0 amide bonds. The first-order chi connectivity index (χ1) is 17.5. The van der Waals surface area contributed by atoms with Crippen molar-refractivity contribution in [3.05, 3.63) is 107 Å². The van der Waals surface area contributed by atoms with E-state index in [0.717, 1.165) is 11.1 Å². The van der Waals surface area contributed by atoms with Gasteiger partial charge in [-0.25, -0.2) is 4.79 Å². The first-order valence-electron chi connectivity index (χ1n) is 11.6. The zero-order valence-corrected chi connectivity index (χ0v) is 21.3. The number of hydrogen-bond donors (Lipinski definition) is 0. The van der Waals surface area contributed by atoms with E-state index in [-0.39, 0.29) is 5.25 Å². The standard InChI is InChI=1S/C28H27ClO6S/c1-19(30)34-28-26(35-27(31)22-12-14-23(29)15-13-22)25(33-17-21-10-6-3-7-11-21)24(36-28)18-32-16-20-8-4-2-5-9-20/h2-15,24-26,28H,16-18H2,1H3/t24-,25-,26+,28?/m1/s1. The average Bonchev–Trinajstić information content (AvgIpc) is 3.19. The molecule has 0 bridgehead atoms. The topological polar surface area (TPSA) is 71.1 Å². The maximum atomic E-state index is 13.0. The third-order valence-corrected chi connectivity index (χ3v) is 7.19. The van der Waals surface area contributed by atoms with Gasteiger partial charge in [0.2, 0.25) is 0 Å². The quantitative estimate of drug-likeness (QED) is 0.315. The second-order valence-electron chi connectivity index (χ2n) is 8.29.